The Morgan fingerprint density at radius 1 is 1.73 bits per heavy atom. The largest absolute Gasteiger partial charge is 0.466 e. The third kappa shape index (κ3) is 3.41. The van der Waals surface area contributed by atoms with Gasteiger partial charge in [-0.3, -0.25) is 0 Å². The Hall–Kier alpha value is -1.30. The maximum Gasteiger partial charge on any atom is 0.334 e. The zero-order valence-electron chi connectivity index (χ0n) is 6.76. The number of nitrogens with zero attached hydrogens (tertiary/aromatic N) is 1. The molecule has 0 rings (SSSR count). The van der Waals surface area contributed by atoms with E-state index < -0.39 is 5.97 Å². The van der Waals surface area contributed by atoms with E-state index in [2.05, 4.69) is 4.74 Å². The minimum absolute atomic E-state index is 0.409. The van der Waals surface area contributed by atoms with Crippen LogP contribution >= 0.6 is 0 Å². The van der Waals surface area contributed by atoms with Gasteiger partial charge in [-0.2, -0.15) is 5.26 Å². The van der Waals surface area contributed by atoms with Crippen LogP contribution in [-0.2, 0) is 9.53 Å². The quantitative estimate of drug-likeness (QED) is 0.350. The number of esters is 1. The van der Waals surface area contributed by atoms with Crippen LogP contribution in [0.2, 0.25) is 0 Å². The first-order chi connectivity index (χ1) is 5.26. The first-order valence-corrected chi connectivity index (χ1v) is 3.43. The fourth-order valence-electron chi connectivity index (χ4n) is 0.712. The Balaban J connectivity index is 4.24. The van der Waals surface area contributed by atoms with Gasteiger partial charge < -0.3 is 4.74 Å². The molecule has 0 aliphatic rings. The molecule has 60 valence electrons. The average Bonchev–Trinajstić information content (AvgIpc) is 2.03. The molecular weight excluding hydrogens is 142 g/mol. The van der Waals surface area contributed by atoms with Gasteiger partial charge in [0, 0.05) is 11.6 Å². The summed E-state index contributed by atoms with van der Waals surface area (Å²) in [5.74, 6) is -0.409. The van der Waals surface area contributed by atoms with Crippen LogP contribution in [0.4, 0.5) is 0 Å². The molecule has 0 bridgehead atoms. The molecule has 0 aliphatic heterocycles. The topological polar surface area (TPSA) is 50.1 Å². The molecule has 0 aromatic rings. The summed E-state index contributed by atoms with van der Waals surface area (Å²) in [7, 11) is 1.31. The highest BCUT2D eigenvalue weighted by atomic mass is 16.5. The highest BCUT2D eigenvalue weighted by Gasteiger charge is 2.06. The summed E-state index contributed by atoms with van der Waals surface area (Å²) in [4.78, 5) is 10.9. The van der Waals surface area contributed by atoms with Crippen molar-refractivity contribution in [2.24, 2.45) is 0 Å². The zero-order chi connectivity index (χ0) is 8.69. The molecule has 0 N–H and O–H groups in total. The van der Waals surface area contributed by atoms with E-state index in [0.717, 1.165) is 6.42 Å². The number of methoxy groups -OCH3 is 1. The number of hydrogen-bond acceptors (Lipinski definition) is 3. The van der Waals surface area contributed by atoms with Crippen molar-refractivity contribution in [3.05, 3.63) is 11.6 Å². The first kappa shape index (κ1) is 9.70. The summed E-state index contributed by atoms with van der Waals surface area (Å²) >= 11 is 0. The van der Waals surface area contributed by atoms with E-state index >= 15 is 0 Å². The van der Waals surface area contributed by atoms with Gasteiger partial charge in [0.05, 0.1) is 13.2 Å². The van der Waals surface area contributed by atoms with Crippen molar-refractivity contribution in [2.75, 3.05) is 7.11 Å². The fourth-order valence-corrected chi connectivity index (χ4v) is 0.712. The maximum atomic E-state index is 10.9. The molecule has 0 aromatic heterocycles. The summed E-state index contributed by atoms with van der Waals surface area (Å²) in [6.45, 7) is 1.94. The second-order valence-electron chi connectivity index (χ2n) is 2.04. The Morgan fingerprint density at radius 2 is 2.36 bits per heavy atom. The SMILES string of the molecule is CCC/C(=C\C#N)C(=O)OC. The van der Waals surface area contributed by atoms with E-state index in [1.54, 1.807) is 6.07 Å². The van der Waals surface area contributed by atoms with Gasteiger partial charge in [-0.1, -0.05) is 13.3 Å². The van der Waals surface area contributed by atoms with E-state index in [0.29, 0.717) is 12.0 Å². The van der Waals surface area contributed by atoms with Crippen LogP contribution in [0.3, 0.4) is 0 Å². The molecule has 0 fully saturated rings. The van der Waals surface area contributed by atoms with Crippen molar-refractivity contribution in [3.63, 3.8) is 0 Å². The van der Waals surface area contributed by atoms with E-state index in [4.69, 9.17) is 5.26 Å². The molecule has 0 amide bonds. The number of hydrogen-bond donors (Lipinski definition) is 0. The van der Waals surface area contributed by atoms with Gasteiger partial charge in [0.1, 0.15) is 0 Å². The van der Waals surface area contributed by atoms with Crippen molar-refractivity contribution < 1.29 is 9.53 Å². The van der Waals surface area contributed by atoms with Crippen LogP contribution in [0.1, 0.15) is 19.8 Å². The normalized spacial score (nSPS) is 10.5. The van der Waals surface area contributed by atoms with Crippen LogP contribution in [0.5, 0.6) is 0 Å². The van der Waals surface area contributed by atoms with Crippen LogP contribution in [0.15, 0.2) is 11.6 Å². The van der Waals surface area contributed by atoms with Gasteiger partial charge in [0.25, 0.3) is 0 Å². The molecule has 11 heavy (non-hydrogen) atoms. The lowest BCUT2D eigenvalue weighted by molar-refractivity contribution is -0.136. The zero-order valence-corrected chi connectivity index (χ0v) is 6.76. The molecule has 0 saturated carbocycles. The number of carbonyl (C=O) groups excluding carboxylic acids is 1. The molecule has 0 unspecified atom stereocenters. The molecule has 3 heteroatoms. The third-order valence-electron chi connectivity index (χ3n) is 1.21. The fraction of sp³-hybridized carbons (Fsp3) is 0.500. The first-order valence-electron chi connectivity index (χ1n) is 3.43. The molecule has 0 saturated heterocycles. The van der Waals surface area contributed by atoms with E-state index in [1.807, 2.05) is 6.92 Å². The van der Waals surface area contributed by atoms with E-state index in [1.165, 1.54) is 13.2 Å². The molecule has 0 atom stereocenters. The summed E-state index contributed by atoms with van der Waals surface area (Å²) in [6.07, 6.45) is 2.66. The minimum atomic E-state index is -0.409. The predicted octanol–water partition coefficient (Wildman–Crippen LogP) is 1.41. The van der Waals surface area contributed by atoms with E-state index in [9.17, 15) is 4.79 Å². The molecular formula is C8H11NO2. The van der Waals surface area contributed by atoms with E-state index in [-0.39, 0.29) is 0 Å². The predicted molar refractivity (Wildman–Crippen MR) is 40.6 cm³/mol. The van der Waals surface area contributed by atoms with Crippen molar-refractivity contribution in [2.45, 2.75) is 19.8 Å². The van der Waals surface area contributed by atoms with Gasteiger partial charge in [-0.15, -0.1) is 0 Å². The van der Waals surface area contributed by atoms with Gasteiger partial charge in [0.15, 0.2) is 0 Å². The summed E-state index contributed by atoms with van der Waals surface area (Å²) in [5, 5.41) is 8.27. The van der Waals surface area contributed by atoms with Crippen LogP contribution in [0.25, 0.3) is 0 Å². The Bertz CT molecular complexity index is 201. The summed E-state index contributed by atoms with van der Waals surface area (Å²) in [5.41, 5.74) is 0.442. The molecule has 0 spiro atoms. The smallest absolute Gasteiger partial charge is 0.334 e. The lowest BCUT2D eigenvalue weighted by Gasteiger charge is -1.99. The van der Waals surface area contributed by atoms with Crippen LogP contribution in [-0.4, -0.2) is 13.1 Å². The standard InChI is InChI=1S/C8H11NO2/c1-3-4-7(5-6-9)8(10)11-2/h5H,3-4H2,1-2H3/b7-5+. The highest BCUT2D eigenvalue weighted by Crippen LogP contribution is 2.05. The van der Waals surface area contributed by atoms with Gasteiger partial charge in [-0.05, 0) is 6.42 Å². The summed E-state index contributed by atoms with van der Waals surface area (Å²) in [6, 6.07) is 1.80. The minimum Gasteiger partial charge on any atom is -0.466 e. The second kappa shape index (κ2) is 5.48. The molecule has 0 aromatic carbocycles. The number of rotatable bonds is 3. The molecule has 0 heterocycles. The Morgan fingerprint density at radius 3 is 2.73 bits per heavy atom. The van der Waals surface area contributed by atoms with Gasteiger partial charge in [-0.25, -0.2) is 4.79 Å². The van der Waals surface area contributed by atoms with Crippen LogP contribution in [0, 0.1) is 11.3 Å². The molecule has 0 aliphatic carbocycles. The Kier molecular flexibility index (Phi) is 4.83. The number of allylic oxidation sites excluding steroid dienone is 1. The lowest BCUT2D eigenvalue weighted by Crippen LogP contribution is -2.04. The van der Waals surface area contributed by atoms with Gasteiger partial charge in [0.2, 0.25) is 0 Å². The third-order valence-corrected chi connectivity index (χ3v) is 1.21. The average molecular weight is 153 g/mol. The van der Waals surface area contributed by atoms with Gasteiger partial charge >= 0.3 is 5.97 Å². The number of carbonyl (C=O) groups is 1. The maximum absolute atomic E-state index is 10.9. The van der Waals surface area contributed by atoms with Crippen molar-refractivity contribution in [3.8, 4) is 6.07 Å². The summed E-state index contributed by atoms with van der Waals surface area (Å²) < 4.78 is 4.46. The van der Waals surface area contributed by atoms with Crippen LogP contribution < -0.4 is 0 Å². The molecule has 3 nitrogen and oxygen atoms in total. The van der Waals surface area contributed by atoms with Crippen molar-refractivity contribution in [1.29, 1.82) is 5.26 Å². The number of nitriles is 1. The van der Waals surface area contributed by atoms with Crippen molar-refractivity contribution in [1.82, 2.24) is 0 Å². The molecule has 0 radical (unpaired) electrons. The highest BCUT2D eigenvalue weighted by molar-refractivity contribution is 5.88. The second-order valence-corrected chi connectivity index (χ2v) is 2.04. The Labute approximate surface area is 66.3 Å². The number of ether oxygens (including phenoxy) is 1. The monoisotopic (exact) mass is 153 g/mol. The van der Waals surface area contributed by atoms with Crippen molar-refractivity contribution >= 4 is 5.97 Å². The lowest BCUT2D eigenvalue weighted by atomic mass is 10.1.